The number of methoxy groups -OCH3 is 4. The molecule has 0 aliphatic rings. The Labute approximate surface area is 154 Å². The van der Waals surface area contributed by atoms with Crippen molar-refractivity contribution in [2.45, 2.75) is 12.8 Å². The van der Waals surface area contributed by atoms with Crippen molar-refractivity contribution in [3.8, 4) is 23.0 Å². The molecular formula is C20H25NO5. The van der Waals surface area contributed by atoms with E-state index in [2.05, 4.69) is 5.32 Å². The summed E-state index contributed by atoms with van der Waals surface area (Å²) in [7, 11) is 6.38. The minimum atomic E-state index is -0.0490. The quantitative estimate of drug-likeness (QED) is 0.746. The molecule has 2 rings (SSSR count). The SMILES string of the molecule is COc1cc(CCNC(=O)Cc2ccc(OC)c(OC)c2)cc(OC)c1. The first-order valence-electron chi connectivity index (χ1n) is 8.29. The Morgan fingerprint density at radius 3 is 2.04 bits per heavy atom. The van der Waals surface area contributed by atoms with Crippen LogP contribution in [0.25, 0.3) is 0 Å². The number of carbonyl (C=O) groups excluding carboxylic acids is 1. The van der Waals surface area contributed by atoms with E-state index in [4.69, 9.17) is 18.9 Å². The van der Waals surface area contributed by atoms with Gasteiger partial charge in [0, 0.05) is 12.6 Å². The van der Waals surface area contributed by atoms with Crippen molar-refractivity contribution in [1.82, 2.24) is 5.32 Å². The van der Waals surface area contributed by atoms with Crippen LogP contribution < -0.4 is 24.3 Å². The predicted molar refractivity (Wildman–Crippen MR) is 99.5 cm³/mol. The molecule has 2 aromatic carbocycles. The fourth-order valence-corrected chi connectivity index (χ4v) is 2.60. The zero-order valence-electron chi connectivity index (χ0n) is 15.6. The van der Waals surface area contributed by atoms with Gasteiger partial charge in [0.2, 0.25) is 5.91 Å². The highest BCUT2D eigenvalue weighted by atomic mass is 16.5. The van der Waals surface area contributed by atoms with Gasteiger partial charge < -0.3 is 24.3 Å². The van der Waals surface area contributed by atoms with E-state index in [1.807, 2.05) is 30.3 Å². The smallest absolute Gasteiger partial charge is 0.224 e. The maximum absolute atomic E-state index is 12.2. The molecule has 140 valence electrons. The highest BCUT2D eigenvalue weighted by molar-refractivity contribution is 5.78. The maximum Gasteiger partial charge on any atom is 0.224 e. The Morgan fingerprint density at radius 1 is 0.808 bits per heavy atom. The second-order valence-corrected chi connectivity index (χ2v) is 5.69. The maximum atomic E-state index is 12.2. The van der Waals surface area contributed by atoms with Gasteiger partial charge in [0.25, 0.3) is 0 Å². The van der Waals surface area contributed by atoms with Gasteiger partial charge in [0.05, 0.1) is 34.9 Å². The predicted octanol–water partition coefficient (Wildman–Crippen LogP) is 2.62. The van der Waals surface area contributed by atoms with E-state index in [0.717, 1.165) is 22.6 Å². The molecule has 0 bridgehead atoms. The second kappa shape index (κ2) is 9.56. The molecule has 0 spiro atoms. The van der Waals surface area contributed by atoms with E-state index < -0.39 is 0 Å². The van der Waals surface area contributed by atoms with E-state index in [9.17, 15) is 4.79 Å². The van der Waals surface area contributed by atoms with Gasteiger partial charge in [-0.3, -0.25) is 4.79 Å². The van der Waals surface area contributed by atoms with Crippen molar-refractivity contribution in [3.63, 3.8) is 0 Å². The number of carbonyl (C=O) groups is 1. The summed E-state index contributed by atoms with van der Waals surface area (Å²) in [6.45, 7) is 0.530. The van der Waals surface area contributed by atoms with E-state index in [-0.39, 0.29) is 12.3 Å². The molecule has 0 aliphatic carbocycles. The van der Waals surface area contributed by atoms with Crippen molar-refractivity contribution < 1.29 is 23.7 Å². The first kappa shape index (κ1) is 19.4. The molecule has 1 N–H and O–H groups in total. The molecule has 0 radical (unpaired) electrons. The lowest BCUT2D eigenvalue weighted by atomic mass is 10.1. The third-order valence-electron chi connectivity index (χ3n) is 3.96. The Bertz CT molecular complexity index is 723. The average Bonchev–Trinajstić information content (AvgIpc) is 2.67. The normalized spacial score (nSPS) is 10.2. The number of rotatable bonds is 9. The van der Waals surface area contributed by atoms with Crippen LogP contribution in [0.5, 0.6) is 23.0 Å². The summed E-state index contributed by atoms with van der Waals surface area (Å²) in [5.74, 6) is 2.67. The largest absolute Gasteiger partial charge is 0.497 e. The molecule has 2 aromatic rings. The number of amides is 1. The number of benzene rings is 2. The van der Waals surface area contributed by atoms with E-state index >= 15 is 0 Å². The standard InChI is InChI=1S/C20H25NO5/c1-23-16-9-15(10-17(13-16)24-2)7-8-21-20(22)12-14-5-6-18(25-3)19(11-14)26-4/h5-6,9-11,13H,7-8,12H2,1-4H3,(H,21,22). The zero-order chi connectivity index (χ0) is 18.9. The summed E-state index contributed by atoms with van der Waals surface area (Å²) in [5, 5.41) is 2.93. The summed E-state index contributed by atoms with van der Waals surface area (Å²) in [4.78, 5) is 12.2. The van der Waals surface area contributed by atoms with Crippen molar-refractivity contribution >= 4 is 5.91 Å². The summed E-state index contributed by atoms with van der Waals surface area (Å²) < 4.78 is 21.0. The Hall–Kier alpha value is -2.89. The summed E-state index contributed by atoms with van der Waals surface area (Å²) in [5.41, 5.74) is 1.90. The summed E-state index contributed by atoms with van der Waals surface area (Å²) in [6, 6.07) is 11.1. The van der Waals surface area contributed by atoms with E-state index in [0.29, 0.717) is 24.5 Å². The third kappa shape index (κ3) is 5.31. The van der Waals surface area contributed by atoms with Crippen LogP contribution in [0.15, 0.2) is 36.4 Å². The zero-order valence-corrected chi connectivity index (χ0v) is 15.6. The molecular weight excluding hydrogens is 334 g/mol. The Morgan fingerprint density at radius 2 is 1.46 bits per heavy atom. The van der Waals surface area contributed by atoms with Crippen LogP contribution in [0, 0.1) is 0 Å². The van der Waals surface area contributed by atoms with Crippen molar-refractivity contribution in [1.29, 1.82) is 0 Å². The summed E-state index contributed by atoms with van der Waals surface area (Å²) >= 11 is 0. The lowest BCUT2D eigenvalue weighted by Gasteiger charge is -2.11. The lowest BCUT2D eigenvalue weighted by molar-refractivity contribution is -0.120. The molecule has 0 atom stereocenters. The number of ether oxygens (including phenoxy) is 4. The number of hydrogen-bond acceptors (Lipinski definition) is 5. The van der Waals surface area contributed by atoms with Crippen LogP contribution in [-0.2, 0) is 17.6 Å². The molecule has 0 unspecified atom stereocenters. The first-order chi connectivity index (χ1) is 12.6. The summed E-state index contributed by atoms with van der Waals surface area (Å²) in [6.07, 6.45) is 0.965. The van der Waals surface area contributed by atoms with Gasteiger partial charge >= 0.3 is 0 Å². The molecule has 6 nitrogen and oxygen atoms in total. The Balaban J connectivity index is 1.89. The van der Waals surface area contributed by atoms with Gasteiger partial charge in [0.15, 0.2) is 11.5 Å². The molecule has 1 amide bonds. The van der Waals surface area contributed by atoms with Gasteiger partial charge in [-0.1, -0.05) is 6.07 Å². The van der Waals surface area contributed by atoms with E-state index in [1.165, 1.54) is 0 Å². The highest BCUT2D eigenvalue weighted by Gasteiger charge is 2.09. The minimum absolute atomic E-state index is 0.0490. The second-order valence-electron chi connectivity index (χ2n) is 5.69. The topological polar surface area (TPSA) is 66.0 Å². The van der Waals surface area contributed by atoms with Crippen LogP contribution in [0.4, 0.5) is 0 Å². The fourth-order valence-electron chi connectivity index (χ4n) is 2.60. The number of hydrogen-bond donors (Lipinski definition) is 1. The molecule has 26 heavy (non-hydrogen) atoms. The minimum Gasteiger partial charge on any atom is -0.497 e. The van der Waals surface area contributed by atoms with Gasteiger partial charge in [-0.05, 0) is 41.8 Å². The first-order valence-corrected chi connectivity index (χ1v) is 8.29. The van der Waals surface area contributed by atoms with Crippen LogP contribution >= 0.6 is 0 Å². The van der Waals surface area contributed by atoms with Crippen LogP contribution in [0.2, 0.25) is 0 Å². The molecule has 0 saturated carbocycles. The van der Waals surface area contributed by atoms with Crippen molar-refractivity contribution in [2.75, 3.05) is 35.0 Å². The van der Waals surface area contributed by atoms with Gasteiger partial charge in [-0.2, -0.15) is 0 Å². The van der Waals surface area contributed by atoms with Gasteiger partial charge in [-0.25, -0.2) is 0 Å². The van der Waals surface area contributed by atoms with Crippen LogP contribution in [0.3, 0.4) is 0 Å². The highest BCUT2D eigenvalue weighted by Crippen LogP contribution is 2.27. The fraction of sp³-hybridized carbons (Fsp3) is 0.350. The van der Waals surface area contributed by atoms with Crippen molar-refractivity contribution in [2.24, 2.45) is 0 Å². The molecule has 0 heterocycles. The monoisotopic (exact) mass is 359 g/mol. The van der Waals surface area contributed by atoms with Crippen LogP contribution in [-0.4, -0.2) is 40.9 Å². The lowest BCUT2D eigenvalue weighted by Crippen LogP contribution is -2.27. The van der Waals surface area contributed by atoms with Gasteiger partial charge in [0.1, 0.15) is 11.5 Å². The number of nitrogens with one attached hydrogen (secondary N) is 1. The molecule has 0 saturated heterocycles. The van der Waals surface area contributed by atoms with E-state index in [1.54, 1.807) is 34.5 Å². The molecule has 0 aliphatic heterocycles. The van der Waals surface area contributed by atoms with Crippen LogP contribution in [0.1, 0.15) is 11.1 Å². The van der Waals surface area contributed by atoms with Gasteiger partial charge in [-0.15, -0.1) is 0 Å². The molecule has 6 heteroatoms. The average molecular weight is 359 g/mol. The molecule has 0 fully saturated rings. The Kier molecular flexibility index (Phi) is 7.14. The third-order valence-corrected chi connectivity index (χ3v) is 3.96. The molecule has 0 aromatic heterocycles. The van der Waals surface area contributed by atoms with Crippen molar-refractivity contribution in [3.05, 3.63) is 47.5 Å².